The third kappa shape index (κ3) is 4.62. The molecule has 0 atom stereocenters. The summed E-state index contributed by atoms with van der Waals surface area (Å²) in [6.07, 6.45) is -4.77. The second-order valence-electron chi connectivity index (χ2n) is 10.6. The molecule has 0 bridgehead atoms. The molecule has 2 aliphatic carbocycles. The minimum absolute atomic E-state index is 0.160. The van der Waals surface area contributed by atoms with Crippen molar-refractivity contribution in [2.45, 2.75) is 13.1 Å². The first-order valence-corrected chi connectivity index (χ1v) is 13.8. The zero-order chi connectivity index (χ0) is 33.6. The maximum atomic E-state index is 14.2. The van der Waals surface area contributed by atoms with Crippen molar-refractivity contribution >= 4 is 28.0 Å². The molecule has 4 aromatic carbocycles. The summed E-state index contributed by atoms with van der Waals surface area (Å²) in [6, 6.07) is 24.5. The molecule has 0 unspecified atom stereocenters. The highest BCUT2D eigenvalue weighted by atomic mass is 19.4. The number of alkyl halides is 3. The number of halogens is 3. The molecule has 4 aromatic rings. The number of allylic oxidation sites excluding steroid dienone is 6. The second kappa shape index (κ2) is 11.1. The van der Waals surface area contributed by atoms with Gasteiger partial charge in [-0.05, 0) is 98.5 Å². The third-order valence-corrected chi connectivity index (χ3v) is 8.19. The number of fused-ring (bicyclic) bond motifs is 4. The van der Waals surface area contributed by atoms with Gasteiger partial charge < -0.3 is 0 Å². The molecule has 0 aromatic heterocycles. The Balaban J connectivity index is 1.70. The molecule has 9 heteroatoms. The van der Waals surface area contributed by atoms with E-state index in [1.165, 1.54) is 24.3 Å². The normalized spacial score (nSPS) is 14.7. The first kappa shape index (κ1) is 29.9. The first-order valence-electron chi connectivity index (χ1n) is 13.8. The molecule has 0 aliphatic heterocycles. The van der Waals surface area contributed by atoms with E-state index in [1.807, 2.05) is 31.2 Å². The number of nitriles is 3. The Labute approximate surface area is 267 Å². The van der Waals surface area contributed by atoms with Crippen LogP contribution in [0.2, 0.25) is 0 Å². The van der Waals surface area contributed by atoms with Gasteiger partial charge in [-0.1, -0.05) is 42.5 Å². The molecule has 0 saturated heterocycles. The van der Waals surface area contributed by atoms with E-state index in [1.54, 1.807) is 30.3 Å². The third-order valence-electron chi connectivity index (χ3n) is 8.19. The molecule has 218 valence electrons. The van der Waals surface area contributed by atoms with Crippen LogP contribution in [0.15, 0.2) is 84.2 Å². The van der Waals surface area contributed by atoms with Gasteiger partial charge in [0.2, 0.25) is 0 Å². The van der Waals surface area contributed by atoms with Gasteiger partial charge >= 0.3 is 6.18 Å². The van der Waals surface area contributed by atoms with E-state index in [0.29, 0.717) is 39.0 Å². The van der Waals surface area contributed by atoms with E-state index in [-0.39, 0.29) is 39.4 Å². The summed E-state index contributed by atoms with van der Waals surface area (Å²) in [7, 11) is 0. The number of nitrogens with zero attached hydrogens (tertiary/aromatic N) is 6. The van der Waals surface area contributed by atoms with Crippen molar-refractivity contribution in [3.63, 3.8) is 0 Å². The molecule has 0 heterocycles. The highest BCUT2D eigenvalue weighted by Crippen LogP contribution is 2.60. The lowest BCUT2D eigenvalue weighted by atomic mass is 9.87. The van der Waals surface area contributed by atoms with Gasteiger partial charge in [-0.15, -0.1) is 0 Å². The number of aryl methyl sites for hydroxylation is 1. The summed E-state index contributed by atoms with van der Waals surface area (Å²) in [5.74, 6) is 0. The molecule has 0 fully saturated rings. The van der Waals surface area contributed by atoms with Gasteiger partial charge in [0.15, 0.2) is 5.69 Å². The van der Waals surface area contributed by atoms with Crippen LogP contribution in [-0.2, 0) is 6.18 Å². The first-order chi connectivity index (χ1) is 22.6. The Kier molecular flexibility index (Phi) is 7.04. The minimum atomic E-state index is -4.77. The van der Waals surface area contributed by atoms with E-state index in [4.69, 9.17) is 19.7 Å². The van der Waals surface area contributed by atoms with E-state index in [2.05, 4.69) is 20.6 Å². The molecule has 0 amide bonds. The molecule has 0 spiro atoms. The smallest absolute Gasteiger partial charge is 0.238 e. The SMILES string of the molecule is [C-]#[N+]/C(C#N)=C1C2=C(/C(=C(\C#N)[N+]#[C-])c3ccc(-c4ccc([N+]#[C-])cc4C(F)(F)F)cc32)c2cc(-c3ccc(C#N)cc3C)ccc2\1. The summed E-state index contributed by atoms with van der Waals surface area (Å²) in [4.78, 5) is 10.1. The standard InChI is InChI=1S/C38H15F3N6/c1-20-13-21(17-42)5-9-25(20)22-6-10-27-29(14-22)36-35(33(19-44)47-4)28-11-7-23(15-30(28)37(36)34(27)32(18-43)46-3)26-12-8-24(45-2)16-31(26)38(39,40)41/h5-16H,1H3/b34-32-,35-33+. The van der Waals surface area contributed by atoms with Crippen LogP contribution < -0.4 is 0 Å². The zero-order valence-electron chi connectivity index (χ0n) is 24.2. The second-order valence-corrected chi connectivity index (χ2v) is 10.6. The lowest BCUT2D eigenvalue weighted by Gasteiger charge is -2.17. The van der Waals surface area contributed by atoms with Crippen molar-refractivity contribution in [3.8, 4) is 40.5 Å². The van der Waals surface area contributed by atoms with Gasteiger partial charge in [0.05, 0.1) is 49.1 Å². The van der Waals surface area contributed by atoms with E-state index in [9.17, 15) is 29.0 Å². The summed E-state index contributed by atoms with van der Waals surface area (Å²) in [6.45, 7) is 24.6. The van der Waals surface area contributed by atoms with Crippen LogP contribution in [0.1, 0.15) is 38.9 Å². The summed E-state index contributed by atoms with van der Waals surface area (Å²) >= 11 is 0. The van der Waals surface area contributed by atoms with Crippen molar-refractivity contribution in [1.29, 1.82) is 15.8 Å². The number of benzene rings is 4. The summed E-state index contributed by atoms with van der Waals surface area (Å²) < 4.78 is 42.6. The van der Waals surface area contributed by atoms with Crippen LogP contribution in [0.3, 0.4) is 0 Å². The van der Waals surface area contributed by atoms with Gasteiger partial charge in [-0.25, -0.2) is 25.1 Å². The van der Waals surface area contributed by atoms with Gasteiger partial charge in [-0.2, -0.15) is 18.4 Å². The number of rotatable bonds is 2. The topological polar surface area (TPSA) is 84.4 Å². The van der Waals surface area contributed by atoms with E-state index < -0.39 is 11.7 Å². The number of hydrogen-bond acceptors (Lipinski definition) is 3. The van der Waals surface area contributed by atoms with Crippen LogP contribution in [0, 0.1) is 60.6 Å². The summed E-state index contributed by atoms with van der Waals surface area (Å²) in [5.41, 5.74) is 4.30. The fourth-order valence-electron chi connectivity index (χ4n) is 6.24. The van der Waals surface area contributed by atoms with Crippen molar-refractivity contribution in [3.05, 3.63) is 157 Å². The summed E-state index contributed by atoms with van der Waals surface area (Å²) in [5, 5.41) is 29.4. The molecular weight excluding hydrogens is 597 g/mol. The molecular formula is C38H15F3N6. The van der Waals surface area contributed by atoms with Crippen LogP contribution in [-0.4, -0.2) is 0 Å². The Morgan fingerprint density at radius 3 is 1.60 bits per heavy atom. The monoisotopic (exact) mass is 612 g/mol. The molecule has 0 saturated carbocycles. The van der Waals surface area contributed by atoms with Crippen molar-refractivity contribution < 1.29 is 13.2 Å². The van der Waals surface area contributed by atoms with Crippen LogP contribution >= 0.6 is 0 Å². The molecule has 47 heavy (non-hydrogen) atoms. The lowest BCUT2D eigenvalue weighted by Crippen LogP contribution is -2.07. The molecule has 6 rings (SSSR count). The van der Waals surface area contributed by atoms with Crippen LogP contribution in [0.4, 0.5) is 18.9 Å². The van der Waals surface area contributed by atoms with Crippen LogP contribution in [0.25, 0.3) is 59.1 Å². The molecule has 0 radical (unpaired) electrons. The molecule has 6 nitrogen and oxygen atoms in total. The zero-order valence-corrected chi connectivity index (χ0v) is 24.2. The average Bonchev–Trinajstić information content (AvgIpc) is 3.57. The van der Waals surface area contributed by atoms with Crippen molar-refractivity contribution in [1.82, 2.24) is 0 Å². The van der Waals surface area contributed by atoms with Gasteiger partial charge in [-0.3, -0.25) is 0 Å². The highest BCUT2D eigenvalue weighted by Gasteiger charge is 2.40. The average molecular weight is 613 g/mol. The van der Waals surface area contributed by atoms with Gasteiger partial charge in [0, 0.05) is 11.1 Å². The minimum Gasteiger partial charge on any atom is -0.238 e. The van der Waals surface area contributed by atoms with Gasteiger partial charge in [0.25, 0.3) is 11.4 Å². The maximum absolute atomic E-state index is 14.2. The Morgan fingerprint density at radius 2 is 1.15 bits per heavy atom. The fraction of sp³-hybridized carbons (Fsp3) is 0.0526. The Hall–Kier alpha value is -7.17. The predicted octanol–water partition coefficient (Wildman–Crippen LogP) is 10.0. The maximum Gasteiger partial charge on any atom is 0.415 e. The van der Waals surface area contributed by atoms with Gasteiger partial charge in [0.1, 0.15) is 0 Å². The highest BCUT2D eigenvalue weighted by molar-refractivity contribution is 6.37. The quantitative estimate of drug-likeness (QED) is 0.167. The van der Waals surface area contributed by atoms with Crippen molar-refractivity contribution in [2.24, 2.45) is 0 Å². The Bertz CT molecular complexity index is 2440. The van der Waals surface area contributed by atoms with Crippen molar-refractivity contribution in [2.75, 3.05) is 0 Å². The fourth-order valence-corrected chi connectivity index (χ4v) is 6.24. The molecule has 0 N–H and O–H groups in total. The van der Waals surface area contributed by atoms with Crippen LogP contribution in [0.5, 0.6) is 0 Å². The molecule has 2 aliphatic rings. The number of hydrogen-bond donors (Lipinski definition) is 0. The Morgan fingerprint density at radius 1 is 0.638 bits per heavy atom. The largest absolute Gasteiger partial charge is 0.415 e. The predicted molar refractivity (Wildman–Crippen MR) is 170 cm³/mol. The van der Waals surface area contributed by atoms with E-state index in [0.717, 1.165) is 22.8 Å². The van der Waals surface area contributed by atoms with E-state index >= 15 is 0 Å². The lowest BCUT2D eigenvalue weighted by molar-refractivity contribution is -0.137.